The Kier molecular flexibility index (Phi) is 8.74. The molecular weight excluding hydrogens is 505 g/mol. The lowest BCUT2D eigenvalue weighted by Gasteiger charge is -2.48. The first kappa shape index (κ1) is 27.7. The van der Waals surface area contributed by atoms with Crippen LogP contribution in [0, 0.1) is 0 Å². The Bertz CT molecular complexity index is 1160. The lowest BCUT2D eigenvalue weighted by atomic mass is 9.89. The van der Waals surface area contributed by atoms with Gasteiger partial charge in [-0.05, 0) is 62.6 Å². The molecule has 0 bridgehead atoms. The van der Waals surface area contributed by atoms with E-state index in [9.17, 15) is 13.2 Å². The molecule has 1 fully saturated rings. The highest BCUT2D eigenvalue weighted by Gasteiger charge is 2.47. The van der Waals surface area contributed by atoms with Gasteiger partial charge in [0.05, 0.1) is 16.5 Å². The number of morpholine rings is 1. The number of rotatable bonds is 8. The molecule has 1 heterocycles. The number of sulfone groups is 1. The Labute approximate surface area is 219 Å². The zero-order valence-corrected chi connectivity index (χ0v) is 22.9. The molecule has 190 valence electrons. The Morgan fingerprint density at radius 3 is 2.29 bits per heavy atom. The van der Waals surface area contributed by atoms with E-state index in [4.69, 9.17) is 27.9 Å². The predicted molar refractivity (Wildman–Crippen MR) is 143 cm³/mol. The monoisotopic (exact) mass is 537 g/mol. The van der Waals surface area contributed by atoms with Crippen LogP contribution in [0.15, 0.2) is 61.2 Å². The molecule has 0 radical (unpaired) electrons. The summed E-state index contributed by atoms with van der Waals surface area (Å²) in [6, 6.07) is 13.5. The highest BCUT2D eigenvalue weighted by atomic mass is 35.5. The molecule has 0 unspecified atom stereocenters. The highest BCUT2D eigenvalue weighted by Crippen LogP contribution is 2.45. The van der Waals surface area contributed by atoms with Crippen molar-refractivity contribution in [3.8, 4) is 0 Å². The molecule has 35 heavy (non-hydrogen) atoms. The minimum Gasteiger partial charge on any atom is -0.358 e. The van der Waals surface area contributed by atoms with Crippen molar-refractivity contribution in [1.82, 2.24) is 4.90 Å². The van der Waals surface area contributed by atoms with Crippen LogP contribution in [0.3, 0.4) is 0 Å². The average molecular weight is 539 g/mol. The van der Waals surface area contributed by atoms with Crippen LogP contribution in [0.4, 0.5) is 0 Å². The number of nitrogens with zero attached hydrogens (tertiary/aromatic N) is 1. The second kappa shape index (κ2) is 11.0. The lowest BCUT2D eigenvalue weighted by Crippen LogP contribution is -2.56. The number of ether oxygens (including phenoxy) is 1. The van der Waals surface area contributed by atoms with Crippen LogP contribution in [0.25, 0.3) is 0 Å². The van der Waals surface area contributed by atoms with Crippen LogP contribution in [-0.4, -0.2) is 41.9 Å². The topological polar surface area (TPSA) is 63.7 Å². The zero-order chi connectivity index (χ0) is 26.0. The van der Waals surface area contributed by atoms with Crippen LogP contribution in [0.5, 0.6) is 0 Å². The fourth-order valence-electron chi connectivity index (χ4n) is 4.31. The van der Waals surface area contributed by atoms with E-state index in [1.165, 1.54) is 0 Å². The third-order valence-electron chi connectivity index (χ3n) is 6.41. The fraction of sp³-hybridized carbons (Fsp3) is 0.444. The second-order valence-electron chi connectivity index (χ2n) is 9.82. The third kappa shape index (κ3) is 6.11. The van der Waals surface area contributed by atoms with Crippen molar-refractivity contribution in [2.75, 3.05) is 5.75 Å². The van der Waals surface area contributed by atoms with E-state index >= 15 is 0 Å². The molecule has 0 saturated carbocycles. The van der Waals surface area contributed by atoms with Gasteiger partial charge in [0.2, 0.25) is 0 Å². The summed E-state index contributed by atoms with van der Waals surface area (Å²) in [5.41, 5.74) is 1.61. The molecule has 1 aliphatic heterocycles. The Morgan fingerprint density at radius 1 is 1.09 bits per heavy atom. The van der Waals surface area contributed by atoms with Crippen molar-refractivity contribution in [2.24, 2.45) is 0 Å². The maximum Gasteiger partial charge on any atom is 0.252 e. The number of carbonyl (C=O) groups excluding carboxylic acids is 1. The van der Waals surface area contributed by atoms with E-state index in [2.05, 4.69) is 6.58 Å². The molecule has 2 aromatic carbocycles. The lowest BCUT2D eigenvalue weighted by molar-refractivity contribution is -0.178. The third-order valence-corrected chi connectivity index (χ3v) is 9.58. The molecule has 1 saturated heterocycles. The van der Waals surface area contributed by atoms with Gasteiger partial charge in [0.15, 0.2) is 9.84 Å². The van der Waals surface area contributed by atoms with E-state index in [0.29, 0.717) is 22.9 Å². The van der Waals surface area contributed by atoms with Crippen LogP contribution >= 0.6 is 23.2 Å². The highest BCUT2D eigenvalue weighted by molar-refractivity contribution is 7.92. The van der Waals surface area contributed by atoms with Gasteiger partial charge in [0, 0.05) is 22.5 Å². The number of hydrogen-bond donors (Lipinski definition) is 0. The molecule has 5 nitrogen and oxygen atoms in total. The van der Waals surface area contributed by atoms with Crippen molar-refractivity contribution in [3.05, 3.63) is 82.4 Å². The van der Waals surface area contributed by atoms with Gasteiger partial charge in [0.1, 0.15) is 12.2 Å². The molecule has 0 spiro atoms. The normalized spacial score (nSPS) is 22.2. The van der Waals surface area contributed by atoms with Crippen molar-refractivity contribution in [3.63, 3.8) is 0 Å². The minimum atomic E-state index is -3.51. The number of halogens is 2. The van der Waals surface area contributed by atoms with Gasteiger partial charge in [0.25, 0.3) is 5.91 Å². The molecule has 2 aromatic rings. The van der Waals surface area contributed by atoms with E-state index in [-0.39, 0.29) is 11.7 Å². The summed E-state index contributed by atoms with van der Waals surface area (Å²) in [6.07, 6.45) is 1.07. The van der Waals surface area contributed by atoms with Gasteiger partial charge in [-0.25, -0.2) is 8.42 Å². The Hall–Kier alpha value is -1.86. The second-order valence-corrected chi connectivity index (χ2v) is 13.5. The van der Waals surface area contributed by atoms with Crippen molar-refractivity contribution in [1.29, 1.82) is 0 Å². The molecule has 0 aliphatic carbocycles. The molecular formula is C27H33Cl2NO4S. The zero-order valence-electron chi connectivity index (χ0n) is 20.6. The summed E-state index contributed by atoms with van der Waals surface area (Å²) in [4.78, 5) is 15.6. The quantitative estimate of drug-likeness (QED) is 0.357. The number of amides is 1. The summed E-state index contributed by atoms with van der Waals surface area (Å²) < 4.78 is 31.9. The maximum atomic E-state index is 13.9. The molecule has 1 aliphatic rings. The molecule has 4 atom stereocenters. The standard InChI is InChI=1S/C27H33Cl2NO4S/c1-6-9-23-26(31)30(22(7-2)17-35(32,33)27(3,4)5)24(18-12-14-20(28)15-13-18)25(34-23)19-10-8-11-21(29)16-19/h6,8,10-16,22-25H,1,7,9,17H2,2-5H3/t22-,23+,24+,25+/m0/s1. The number of benzene rings is 2. The first-order valence-corrected chi connectivity index (χ1v) is 14.1. The summed E-state index contributed by atoms with van der Waals surface area (Å²) in [5.74, 6) is -0.398. The summed E-state index contributed by atoms with van der Waals surface area (Å²) in [5, 5.41) is 1.11. The van der Waals surface area contributed by atoms with Gasteiger partial charge in [-0.3, -0.25) is 4.79 Å². The van der Waals surface area contributed by atoms with E-state index < -0.39 is 38.9 Å². The smallest absolute Gasteiger partial charge is 0.252 e. The first-order valence-electron chi connectivity index (χ1n) is 11.7. The molecule has 8 heteroatoms. The van der Waals surface area contributed by atoms with Crippen LogP contribution < -0.4 is 0 Å². The molecule has 3 rings (SSSR count). The minimum absolute atomic E-state index is 0.147. The van der Waals surface area contributed by atoms with Crippen LogP contribution in [-0.2, 0) is 19.4 Å². The molecule has 1 amide bonds. The van der Waals surface area contributed by atoms with Crippen molar-refractivity contribution >= 4 is 38.9 Å². The van der Waals surface area contributed by atoms with Crippen LogP contribution in [0.2, 0.25) is 10.0 Å². The average Bonchev–Trinajstić information content (AvgIpc) is 2.78. The van der Waals surface area contributed by atoms with Crippen LogP contribution in [0.1, 0.15) is 63.8 Å². The van der Waals surface area contributed by atoms with Crippen molar-refractivity contribution < 1.29 is 17.9 Å². The van der Waals surface area contributed by atoms with Gasteiger partial charge in [-0.2, -0.15) is 0 Å². The van der Waals surface area contributed by atoms with Gasteiger partial charge in [-0.15, -0.1) is 6.58 Å². The first-order chi connectivity index (χ1) is 16.4. The summed E-state index contributed by atoms with van der Waals surface area (Å²) in [7, 11) is -3.51. The van der Waals surface area contributed by atoms with E-state index in [0.717, 1.165) is 11.1 Å². The number of carbonyl (C=O) groups is 1. The van der Waals surface area contributed by atoms with Gasteiger partial charge in [-0.1, -0.05) is 60.5 Å². The molecule has 0 N–H and O–H groups in total. The fourth-order valence-corrected chi connectivity index (χ4v) is 6.04. The maximum absolute atomic E-state index is 13.9. The van der Waals surface area contributed by atoms with E-state index in [1.807, 2.05) is 37.3 Å². The van der Waals surface area contributed by atoms with Crippen molar-refractivity contribution in [2.45, 2.75) is 69.6 Å². The predicted octanol–water partition coefficient (Wildman–Crippen LogP) is 6.57. The van der Waals surface area contributed by atoms with E-state index in [1.54, 1.807) is 49.9 Å². The Balaban J connectivity index is 2.20. The number of hydrogen-bond acceptors (Lipinski definition) is 4. The largest absolute Gasteiger partial charge is 0.358 e. The van der Waals surface area contributed by atoms with Gasteiger partial charge < -0.3 is 9.64 Å². The summed E-state index contributed by atoms with van der Waals surface area (Å²) in [6.45, 7) is 10.7. The van der Waals surface area contributed by atoms with Gasteiger partial charge >= 0.3 is 0 Å². The molecule has 0 aromatic heterocycles. The summed E-state index contributed by atoms with van der Waals surface area (Å²) >= 11 is 12.5. The Morgan fingerprint density at radius 2 is 1.74 bits per heavy atom. The SMILES string of the molecule is C=CC[C@H]1O[C@H](c2cccc(Cl)c2)[C@@H](c2ccc(Cl)cc2)N([C@@H](CC)CS(=O)(=O)C(C)(C)C)C1=O.